The third kappa shape index (κ3) is 4.29. The van der Waals surface area contributed by atoms with Crippen LogP contribution in [0.1, 0.15) is 40.0 Å². The highest BCUT2D eigenvalue weighted by atomic mass is 16.6. The van der Waals surface area contributed by atoms with Crippen molar-refractivity contribution >= 4 is 5.97 Å². The molecule has 1 saturated carbocycles. The van der Waals surface area contributed by atoms with Crippen LogP contribution in [0.2, 0.25) is 0 Å². The molecule has 0 aromatic rings. The number of nitrogens with one attached hydrogen (secondary N) is 1. The Morgan fingerprint density at radius 2 is 2.15 bits per heavy atom. The molecule has 0 bridgehead atoms. The van der Waals surface area contributed by atoms with Crippen LogP contribution in [0.5, 0.6) is 0 Å². The van der Waals surface area contributed by atoms with Crippen LogP contribution in [0.25, 0.3) is 0 Å². The summed E-state index contributed by atoms with van der Waals surface area (Å²) in [6, 6.07) is 0. The molecule has 1 N–H and O–H groups in total. The molecule has 152 valence electrons. The highest BCUT2D eigenvalue weighted by Crippen LogP contribution is 2.59. The quantitative estimate of drug-likeness (QED) is 0.287. The molecule has 0 aromatic carbocycles. The Bertz CT molecular complexity index is 595. The first-order valence-corrected chi connectivity index (χ1v) is 9.85. The fourth-order valence-electron chi connectivity index (χ4n) is 4.56. The standard InChI is InChI=1S/C21H33NO5/c1-6-11-22-12-17(23)26-15-9-10-21(13-25-21)19(18(15)24-5)20(4)16(27-20)8-7-14(2)3/h6-7,15-16,18-19,22H,1,8-13H2,2-5H3/t15-,16-,18-,19-,20-,21+/m1/s1. The average molecular weight is 379 g/mol. The molecule has 0 radical (unpaired) electrons. The second-order valence-electron chi connectivity index (χ2n) is 8.33. The summed E-state index contributed by atoms with van der Waals surface area (Å²) >= 11 is 0. The number of epoxide rings is 2. The summed E-state index contributed by atoms with van der Waals surface area (Å²) in [6.45, 7) is 11.4. The van der Waals surface area contributed by atoms with Gasteiger partial charge in [-0.2, -0.15) is 0 Å². The Morgan fingerprint density at radius 1 is 1.41 bits per heavy atom. The molecule has 0 unspecified atom stereocenters. The van der Waals surface area contributed by atoms with E-state index in [1.807, 2.05) is 0 Å². The third-order valence-electron chi connectivity index (χ3n) is 6.08. The van der Waals surface area contributed by atoms with Gasteiger partial charge >= 0.3 is 5.97 Å². The average Bonchev–Trinajstić information content (AvgIpc) is 3.53. The number of hydrogen-bond acceptors (Lipinski definition) is 6. The Labute approximate surface area is 162 Å². The number of hydrogen-bond donors (Lipinski definition) is 1. The highest BCUT2D eigenvalue weighted by Gasteiger charge is 2.72. The van der Waals surface area contributed by atoms with Gasteiger partial charge in [0.1, 0.15) is 23.4 Å². The maximum atomic E-state index is 12.2. The van der Waals surface area contributed by atoms with E-state index in [1.165, 1.54) is 5.57 Å². The number of methoxy groups -OCH3 is 1. The lowest BCUT2D eigenvalue weighted by atomic mass is 9.68. The predicted molar refractivity (Wildman–Crippen MR) is 102 cm³/mol. The molecule has 3 rings (SSSR count). The monoisotopic (exact) mass is 379 g/mol. The lowest BCUT2D eigenvalue weighted by Gasteiger charge is -2.42. The van der Waals surface area contributed by atoms with Crippen LogP contribution in [-0.2, 0) is 23.7 Å². The van der Waals surface area contributed by atoms with Crippen LogP contribution < -0.4 is 5.32 Å². The highest BCUT2D eigenvalue weighted by molar-refractivity contribution is 5.72. The minimum absolute atomic E-state index is 0.0539. The van der Waals surface area contributed by atoms with Gasteiger partial charge in [-0.3, -0.25) is 4.79 Å². The van der Waals surface area contributed by atoms with Gasteiger partial charge in [0.25, 0.3) is 0 Å². The van der Waals surface area contributed by atoms with Gasteiger partial charge in [0, 0.05) is 13.7 Å². The maximum Gasteiger partial charge on any atom is 0.320 e. The van der Waals surface area contributed by atoms with Crippen LogP contribution in [0, 0.1) is 5.92 Å². The molecular formula is C21H33NO5. The molecule has 6 nitrogen and oxygen atoms in total. The zero-order chi connectivity index (χ0) is 19.7. The maximum absolute atomic E-state index is 12.2. The number of allylic oxidation sites excluding steroid dienone is 1. The van der Waals surface area contributed by atoms with Gasteiger partial charge in [0.2, 0.25) is 0 Å². The number of ether oxygens (including phenoxy) is 4. The van der Waals surface area contributed by atoms with E-state index in [-0.39, 0.29) is 47.9 Å². The van der Waals surface area contributed by atoms with Gasteiger partial charge in [-0.1, -0.05) is 17.7 Å². The van der Waals surface area contributed by atoms with Crippen molar-refractivity contribution in [3.05, 3.63) is 24.3 Å². The summed E-state index contributed by atoms with van der Waals surface area (Å²) in [5.74, 6) is -0.212. The summed E-state index contributed by atoms with van der Waals surface area (Å²) in [7, 11) is 1.69. The molecule has 2 saturated heterocycles. The Morgan fingerprint density at radius 3 is 2.74 bits per heavy atom. The van der Waals surface area contributed by atoms with E-state index < -0.39 is 0 Å². The molecule has 27 heavy (non-hydrogen) atoms. The van der Waals surface area contributed by atoms with Crippen molar-refractivity contribution in [3.8, 4) is 0 Å². The Hall–Kier alpha value is -1.21. The van der Waals surface area contributed by atoms with E-state index >= 15 is 0 Å². The van der Waals surface area contributed by atoms with Crippen molar-refractivity contribution < 1.29 is 23.7 Å². The van der Waals surface area contributed by atoms with Crippen LogP contribution in [0.3, 0.4) is 0 Å². The molecule has 1 spiro atoms. The van der Waals surface area contributed by atoms with E-state index in [0.29, 0.717) is 6.54 Å². The van der Waals surface area contributed by atoms with Gasteiger partial charge in [0.15, 0.2) is 0 Å². The number of rotatable bonds is 9. The lowest BCUT2D eigenvalue weighted by Crippen LogP contribution is -2.56. The molecule has 3 fully saturated rings. The summed E-state index contributed by atoms with van der Waals surface area (Å²) in [5.41, 5.74) is 0.782. The smallest absolute Gasteiger partial charge is 0.320 e. The Balaban J connectivity index is 1.69. The van der Waals surface area contributed by atoms with Gasteiger partial charge < -0.3 is 24.3 Å². The SMILES string of the molecule is C=CCNCC(=O)O[C@@H]1CC[C@]2(CO2)[C@@H]([C@]2(C)O[C@@H]2CC=C(C)C)[C@@H]1OC. The van der Waals surface area contributed by atoms with Gasteiger partial charge in [0.05, 0.1) is 25.2 Å². The zero-order valence-corrected chi connectivity index (χ0v) is 17.0. The minimum Gasteiger partial charge on any atom is -0.459 e. The van der Waals surface area contributed by atoms with Crippen LogP contribution in [-0.4, -0.2) is 62.3 Å². The van der Waals surface area contributed by atoms with Crippen LogP contribution >= 0.6 is 0 Å². The van der Waals surface area contributed by atoms with Crippen molar-refractivity contribution in [2.24, 2.45) is 5.92 Å². The molecule has 2 heterocycles. The molecule has 0 amide bonds. The largest absolute Gasteiger partial charge is 0.459 e. The molecule has 2 aliphatic heterocycles. The fraction of sp³-hybridized carbons (Fsp3) is 0.762. The topological polar surface area (TPSA) is 72.6 Å². The number of esters is 1. The number of carbonyl (C=O) groups excluding carboxylic acids is 1. The summed E-state index contributed by atoms with van der Waals surface area (Å²) in [4.78, 5) is 12.2. The lowest BCUT2D eigenvalue weighted by molar-refractivity contribution is -0.170. The fourth-order valence-corrected chi connectivity index (χ4v) is 4.56. The summed E-state index contributed by atoms with van der Waals surface area (Å²) in [5, 5.41) is 2.98. The second-order valence-corrected chi connectivity index (χ2v) is 8.33. The van der Waals surface area contributed by atoms with Gasteiger partial charge in [-0.25, -0.2) is 0 Å². The van der Waals surface area contributed by atoms with E-state index in [9.17, 15) is 4.79 Å². The molecule has 1 aliphatic carbocycles. The van der Waals surface area contributed by atoms with Gasteiger partial charge in [-0.05, 0) is 40.0 Å². The first-order valence-electron chi connectivity index (χ1n) is 9.85. The first kappa shape index (κ1) is 20.5. The molecule has 6 atom stereocenters. The van der Waals surface area contributed by atoms with Crippen molar-refractivity contribution in [2.45, 2.75) is 69.5 Å². The third-order valence-corrected chi connectivity index (χ3v) is 6.08. The van der Waals surface area contributed by atoms with E-state index in [2.05, 4.69) is 38.7 Å². The van der Waals surface area contributed by atoms with Crippen LogP contribution in [0.15, 0.2) is 24.3 Å². The number of carbonyl (C=O) groups is 1. The van der Waals surface area contributed by atoms with Crippen molar-refractivity contribution in [1.29, 1.82) is 0 Å². The van der Waals surface area contributed by atoms with Crippen molar-refractivity contribution in [1.82, 2.24) is 5.32 Å². The normalized spacial score (nSPS) is 39.7. The van der Waals surface area contributed by atoms with Crippen LogP contribution in [0.4, 0.5) is 0 Å². The van der Waals surface area contributed by atoms with Gasteiger partial charge in [-0.15, -0.1) is 6.58 Å². The van der Waals surface area contributed by atoms with Crippen molar-refractivity contribution in [2.75, 3.05) is 26.8 Å². The predicted octanol–water partition coefficient (Wildman–Crippen LogP) is 2.38. The zero-order valence-electron chi connectivity index (χ0n) is 17.0. The Kier molecular flexibility index (Phi) is 6.11. The molecule has 6 heteroatoms. The van der Waals surface area contributed by atoms with Crippen molar-refractivity contribution in [3.63, 3.8) is 0 Å². The van der Waals surface area contributed by atoms with E-state index in [0.717, 1.165) is 25.9 Å². The summed E-state index contributed by atoms with van der Waals surface area (Å²) in [6.07, 6.45) is 6.07. The second kappa shape index (κ2) is 8.03. The molecule has 3 aliphatic rings. The first-order chi connectivity index (χ1) is 12.9. The summed E-state index contributed by atoms with van der Waals surface area (Å²) < 4.78 is 23.7. The molecule has 0 aromatic heterocycles. The molecular weight excluding hydrogens is 346 g/mol. The van der Waals surface area contributed by atoms with E-state index in [4.69, 9.17) is 18.9 Å². The minimum atomic E-state index is -0.310. The van der Waals surface area contributed by atoms with E-state index in [1.54, 1.807) is 13.2 Å².